The van der Waals surface area contributed by atoms with Gasteiger partial charge in [-0.1, -0.05) is 0 Å². The van der Waals surface area contributed by atoms with Crippen LogP contribution in [0.1, 0.15) is 0 Å². The van der Waals surface area contributed by atoms with Crippen LogP contribution >= 0.6 is 0 Å². The van der Waals surface area contributed by atoms with Crippen molar-refractivity contribution in [3.8, 4) is 0 Å². The van der Waals surface area contributed by atoms with Gasteiger partial charge >= 0.3 is 57.5 Å². The van der Waals surface area contributed by atoms with E-state index in [-0.39, 0.29) is 57.7 Å². The van der Waals surface area contributed by atoms with E-state index in [4.69, 9.17) is 0 Å². The summed E-state index contributed by atoms with van der Waals surface area (Å²) in [5.41, 5.74) is 0. The van der Waals surface area contributed by atoms with Crippen molar-refractivity contribution in [2.45, 2.75) is 0 Å². The van der Waals surface area contributed by atoms with Gasteiger partial charge in [0.2, 0.25) is 6.33 Å². The van der Waals surface area contributed by atoms with Gasteiger partial charge in [-0.05, 0) is 0 Å². The number of rotatable bonds is 0. The Hall–Kier alpha value is 1.17. The molecule has 0 aliphatic rings. The van der Waals surface area contributed by atoms with Crippen molar-refractivity contribution in [2.24, 2.45) is 0 Å². The van der Waals surface area contributed by atoms with Crippen LogP contribution < -0.4 is 0 Å². The van der Waals surface area contributed by atoms with Crippen molar-refractivity contribution in [3.63, 3.8) is 0 Å². The van der Waals surface area contributed by atoms with E-state index >= 15 is 0 Å². The van der Waals surface area contributed by atoms with Gasteiger partial charge in [-0.15, -0.1) is 0 Å². The molecule has 0 aromatic heterocycles. The molecule has 0 unspecified atom stereocenters. The SMILES string of the molecule is F[C]=C(F)F.[KH]. The van der Waals surface area contributed by atoms with Gasteiger partial charge in [0.05, 0.1) is 0 Å². The van der Waals surface area contributed by atoms with Crippen molar-refractivity contribution < 1.29 is 13.2 Å². The Bertz CT molecular complexity index is 46.8. The van der Waals surface area contributed by atoms with Crippen LogP contribution in [0.5, 0.6) is 0 Å². The maximum absolute atomic E-state index is 10.2. The van der Waals surface area contributed by atoms with Crippen LogP contribution in [-0.4, -0.2) is 51.4 Å². The van der Waals surface area contributed by atoms with E-state index in [1.54, 1.807) is 0 Å². The zero-order chi connectivity index (χ0) is 4.28. The molecule has 31 valence electrons. The molecule has 0 heterocycles. The third-order valence-corrected chi connectivity index (χ3v) is 0.0714. The molecule has 0 nitrogen and oxygen atoms in total. The van der Waals surface area contributed by atoms with E-state index < -0.39 is 6.08 Å². The van der Waals surface area contributed by atoms with Gasteiger partial charge < -0.3 is 0 Å². The number of hydrogen-bond acceptors (Lipinski definition) is 0. The second-order valence-corrected chi connectivity index (χ2v) is 0.355. The molecule has 4 heteroatoms. The second kappa shape index (κ2) is 6.17. The standard InChI is InChI=1S/C2F3.K.H/c3-1-2(4)5;;. The molecule has 0 bridgehead atoms. The van der Waals surface area contributed by atoms with Crippen LogP contribution in [0.4, 0.5) is 13.2 Å². The van der Waals surface area contributed by atoms with Crippen molar-refractivity contribution in [1.82, 2.24) is 0 Å². The minimum atomic E-state index is -2.41. The third kappa shape index (κ3) is 8.94. The fourth-order valence-electron chi connectivity index (χ4n) is 0. The summed E-state index contributed by atoms with van der Waals surface area (Å²) in [5.74, 6) is 0. The molecule has 1 radical (unpaired) electrons. The van der Waals surface area contributed by atoms with Gasteiger partial charge in [-0.2, -0.15) is 13.2 Å². The van der Waals surface area contributed by atoms with Crippen molar-refractivity contribution in [3.05, 3.63) is 12.4 Å². The number of hydrogen-bond donors (Lipinski definition) is 0. The van der Waals surface area contributed by atoms with Crippen molar-refractivity contribution >= 4 is 51.4 Å². The molecule has 0 aliphatic heterocycles. The molecular weight excluding hydrogens is 120 g/mol. The zero-order valence-electron chi connectivity index (χ0n) is 2.13. The maximum atomic E-state index is 10.2. The molecule has 0 aromatic carbocycles. The van der Waals surface area contributed by atoms with E-state index in [1.165, 1.54) is 0 Å². The molecule has 0 rings (SSSR count). The molecular formula is C2HF3K. The third-order valence-electron chi connectivity index (χ3n) is 0.0714. The fourth-order valence-corrected chi connectivity index (χ4v) is 0. The van der Waals surface area contributed by atoms with E-state index in [1.807, 2.05) is 0 Å². The topological polar surface area (TPSA) is 0 Å². The Labute approximate surface area is 75.8 Å². The first-order valence-corrected chi connectivity index (χ1v) is 0.817. The predicted octanol–water partition coefficient (Wildman–Crippen LogP) is 0.848. The first kappa shape index (κ1) is 10.2. The van der Waals surface area contributed by atoms with Crippen LogP contribution in [0, 0.1) is 6.33 Å². The Balaban J connectivity index is 0. The Morgan fingerprint density at radius 3 is 1.50 bits per heavy atom. The van der Waals surface area contributed by atoms with Gasteiger partial charge in [0.25, 0.3) is 0 Å². The number of halogens is 3. The minimum absolute atomic E-state index is 0. The predicted molar refractivity (Wildman–Crippen MR) is 17.2 cm³/mol. The van der Waals surface area contributed by atoms with Crippen LogP contribution in [0.3, 0.4) is 0 Å². The first-order valence-electron chi connectivity index (χ1n) is 0.817. The van der Waals surface area contributed by atoms with Crippen LogP contribution in [0.15, 0.2) is 6.08 Å². The van der Waals surface area contributed by atoms with Crippen LogP contribution in [0.2, 0.25) is 0 Å². The van der Waals surface area contributed by atoms with Gasteiger partial charge in [0.15, 0.2) is 0 Å². The van der Waals surface area contributed by atoms with Crippen LogP contribution in [-0.2, 0) is 0 Å². The fraction of sp³-hybridized carbons (Fsp3) is 0. The van der Waals surface area contributed by atoms with Gasteiger partial charge in [-0.3, -0.25) is 0 Å². The van der Waals surface area contributed by atoms with Gasteiger partial charge in [0, 0.05) is 0 Å². The van der Waals surface area contributed by atoms with E-state index in [0.29, 0.717) is 0 Å². The summed E-state index contributed by atoms with van der Waals surface area (Å²) in [4.78, 5) is 0. The molecule has 0 aliphatic carbocycles. The summed E-state index contributed by atoms with van der Waals surface area (Å²) in [6.07, 6.45) is -2.30. The quantitative estimate of drug-likeness (QED) is 0.417. The van der Waals surface area contributed by atoms with E-state index in [0.717, 1.165) is 0 Å². The summed E-state index contributed by atoms with van der Waals surface area (Å²) in [6.45, 7) is 0. The van der Waals surface area contributed by atoms with Crippen molar-refractivity contribution in [2.75, 3.05) is 0 Å². The van der Waals surface area contributed by atoms with Gasteiger partial charge in [0.1, 0.15) is 0 Å². The van der Waals surface area contributed by atoms with Crippen molar-refractivity contribution in [1.29, 1.82) is 0 Å². The summed E-state index contributed by atoms with van der Waals surface area (Å²) in [5, 5.41) is 0. The van der Waals surface area contributed by atoms with Crippen LogP contribution in [0.25, 0.3) is 0 Å². The molecule has 0 fully saturated rings. The Morgan fingerprint density at radius 1 is 1.33 bits per heavy atom. The van der Waals surface area contributed by atoms with E-state index in [2.05, 4.69) is 0 Å². The molecule has 0 spiro atoms. The average Bonchev–Trinajstić information content (AvgIpc) is 1.38. The molecule has 0 atom stereocenters. The summed E-state index contributed by atoms with van der Waals surface area (Å²) < 4.78 is 30.5. The molecule has 0 aromatic rings. The normalized spacial score (nSPS) is 5.83. The molecule has 0 saturated carbocycles. The monoisotopic (exact) mass is 121 g/mol. The molecule has 6 heavy (non-hydrogen) atoms. The summed E-state index contributed by atoms with van der Waals surface area (Å²) in [7, 11) is 0. The molecule has 0 amide bonds. The molecule has 0 saturated heterocycles. The summed E-state index contributed by atoms with van der Waals surface area (Å²) >= 11 is 0. The zero-order valence-corrected chi connectivity index (χ0v) is 2.13. The second-order valence-electron chi connectivity index (χ2n) is 0.355. The average molecular weight is 121 g/mol. The van der Waals surface area contributed by atoms with Gasteiger partial charge in [-0.25, -0.2) is 0 Å². The summed E-state index contributed by atoms with van der Waals surface area (Å²) in [6, 6.07) is 0. The first-order chi connectivity index (χ1) is 2.27. The Morgan fingerprint density at radius 2 is 1.50 bits per heavy atom. The van der Waals surface area contributed by atoms with E-state index in [9.17, 15) is 13.2 Å². The Kier molecular flexibility index (Phi) is 10.5. The molecule has 0 N–H and O–H groups in total.